The molecule has 1 aliphatic carbocycles. The van der Waals surface area contributed by atoms with Crippen molar-refractivity contribution in [2.24, 2.45) is 0 Å². The number of Topliss-reactive ketones (excluding diaryl/α,β-unsaturated/α-hetero) is 1. The first-order valence-corrected chi connectivity index (χ1v) is 6.81. The molecule has 0 aliphatic heterocycles. The molecule has 0 saturated heterocycles. The third-order valence-electron chi connectivity index (χ3n) is 3.83. The maximum atomic E-state index is 12.0. The lowest BCUT2D eigenvalue weighted by atomic mass is 9.95. The number of H-pyrrole nitrogens is 1. The van der Waals surface area contributed by atoms with Gasteiger partial charge in [0.25, 0.3) is 0 Å². The Hall–Kier alpha value is -2.43. The molecule has 5 nitrogen and oxygen atoms in total. The van der Waals surface area contributed by atoms with Gasteiger partial charge in [-0.25, -0.2) is 9.67 Å². The first-order valence-electron chi connectivity index (χ1n) is 6.81. The van der Waals surface area contributed by atoms with Gasteiger partial charge in [0.15, 0.2) is 5.78 Å². The molecule has 0 unspecified atom stereocenters. The molecular formula is C15H14N4O. The zero-order valence-corrected chi connectivity index (χ0v) is 11.2. The summed E-state index contributed by atoms with van der Waals surface area (Å²) in [5.41, 5.74) is 4.46. The Kier molecular flexibility index (Phi) is 2.30. The molecule has 2 heterocycles. The van der Waals surface area contributed by atoms with Crippen LogP contribution in [0.4, 0.5) is 0 Å². The Morgan fingerprint density at radius 2 is 2.10 bits per heavy atom. The number of hydrogen-bond acceptors (Lipinski definition) is 3. The standard InChI is InChI=1S/C15H14N4O/c1-9-14-12(7-4-8-13(14)20)19(18-9)15-16-10-5-2-3-6-11(10)17-15/h2-3,5-6H,4,7-8H2,1H3,(H,16,17). The fraction of sp³-hybridized carbons (Fsp3) is 0.267. The van der Waals surface area contributed by atoms with E-state index in [2.05, 4.69) is 15.1 Å². The molecule has 0 radical (unpaired) electrons. The lowest BCUT2D eigenvalue weighted by Gasteiger charge is -2.11. The summed E-state index contributed by atoms with van der Waals surface area (Å²) in [7, 11) is 0. The predicted octanol–water partition coefficient (Wildman–Crippen LogP) is 2.58. The van der Waals surface area contributed by atoms with Gasteiger partial charge in [0, 0.05) is 6.42 Å². The Balaban J connectivity index is 1.94. The average Bonchev–Trinajstić information content (AvgIpc) is 3.00. The maximum absolute atomic E-state index is 12.0. The topological polar surface area (TPSA) is 63.6 Å². The highest BCUT2D eigenvalue weighted by Crippen LogP contribution is 2.26. The van der Waals surface area contributed by atoms with E-state index >= 15 is 0 Å². The number of imidazole rings is 1. The first-order chi connectivity index (χ1) is 9.74. The van der Waals surface area contributed by atoms with Crippen molar-refractivity contribution in [1.82, 2.24) is 19.7 Å². The molecule has 1 aliphatic rings. The summed E-state index contributed by atoms with van der Waals surface area (Å²) < 4.78 is 1.79. The molecule has 0 saturated carbocycles. The number of carbonyl (C=O) groups is 1. The maximum Gasteiger partial charge on any atom is 0.229 e. The number of ketones is 1. The van der Waals surface area contributed by atoms with Crippen LogP contribution < -0.4 is 0 Å². The Labute approximate surface area is 115 Å². The van der Waals surface area contributed by atoms with E-state index in [0.717, 1.165) is 40.8 Å². The Morgan fingerprint density at radius 1 is 1.25 bits per heavy atom. The van der Waals surface area contributed by atoms with Gasteiger partial charge in [0.05, 0.1) is 28.0 Å². The van der Waals surface area contributed by atoms with E-state index in [0.29, 0.717) is 12.4 Å². The molecule has 0 fully saturated rings. The lowest BCUT2D eigenvalue weighted by Crippen LogP contribution is -2.13. The van der Waals surface area contributed by atoms with Crippen molar-refractivity contribution in [3.8, 4) is 5.95 Å². The Morgan fingerprint density at radius 3 is 2.95 bits per heavy atom. The van der Waals surface area contributed by atoms with E-state index in [1.807, 2.05) is 31.2 Å². The molecule has 100 valence electrons. The van der Waals surface area contributed by atoms with Gasteiger partial charge in [-0.05, 0) is 31.9 Å². The minimum atomic E-state index is 0.200. The van der Waals surface area contributed by atoms with Crippen molar-refractivity contribution in [3.63, 3.8) is 0 Å². The number of nitrogens with one attached hydrogen (secondary N) is 1. The highest BCUT2D eigenvalue weighted by Gasteiger charge is 2.26. The van der Waals surface area contributed by atoms with Gasteiger partial charge in [0.2, 0.25) is 5.95 Å². The van der Waals surface area contributed by atoms with Crippen LogP contribution >= 0.6 is 0 Å². The predicted molar refractivity (Wildman–Crippen MR) is 75.2 cm³/mol. The van der Waals surface area contributed by atoms with Gasteiger partial charge in [-0.2, -0.15) is 5.10 Å². The third-order valence-corrected chi connectivity index (χ3v) is 3.83. The van der Waals surface area contributed by atoms with Crippen molar-refractivity contribution < 1.29 is 4.79 Å². The van der Waals surface area contributed by atoms with E-state index in [4.69, 9.17) is 0 Å². The highest BCUT2D eigenvalue weighted by atomic mass is 16.1. The van der Waals surface area contributed by atoms with Crippen LogP contribution in [-0.2, 0) is 6.42 Å². The fourth-order valence-corrected chi connectivity index (χ4v) is 2.92. The number of hydrogen-bond donors (Lipinski definition) is 1. The fourth-order valence-electron chi connectivity index (χ4n) is 2.92. The number of aromatic nitrogens is 4. The van der Waals surface area contributed by atoms with E-state index in [1.165, 1.54) is 0 Å². The molecule has 1 N–H and O–H groups in total. The van der Waals surface area contributed by atoms with Crippen LogP contribution in [0.3, 0.4) is 0 Å². The van der Waals surface area contributed by atoms with Crippen LogP contribution in [0.5, 0.6) is 0 Å². The minimum Gasteiger partial charge on any atom is -0.322 e. The van der Waals surface area contributed by atoms with Crippen LogP contribution in [0.15, 0.2) is 24.3 Å². The van der Waals surface area contributed by atoms with Gasteiger partial charge in [-0.3, -0.25) is 4.79 Å². The third kappa shape index (κ3) is 1.52. The van der Waals surface area contributed by atoms with Crippen LogP contribution in [0.25, 0.3) is 17.0 Å². The van der Waals surface area contributed by atoms with Crippen LogP contribution in [0, 0.1) is 6.92 Å². The van der Waals surface area contributed by atoms with Gasteiger partial charge in [0.1, 0.15) is 0 Å². The summed E-state index contributed by atoms with van der Waals surface area (Å²) in [6.07, 6.45) is 2.38. The molecular weight excluding hydrogens is 252 g/mol. The van der Waals surface area contributed by atoms with E-state index in [-0.39, 0.29) is 5.78 Å². The quantitative estimate of drug-likeness (QED) is 0.736. The number of aryl methyl sites for hydroxylation is 1. The van der Waals surface area contributed by atoms with Crippen molar-refractivity contribution in [2.75, 3.05) is 0 Å². The number of carbonyl (C=O) groups excluding carboxylic acids is 1. The molecule has 1 aromatic carbocycles. The van der Waals surface area contributed by atoms with E-state index < -0.39 is 0 Å². The van der Waals surface area contributed by atoms with E-state index in [1.54, 1.807) is 4.68 Å². The second-order valence-corrected chi connectivity index (χ2v) is 5.17. The van der Waals surface area contributed by atoms with Crippen molar-refractivity contribution in [3.05, 3.63) is 41.2 Å². The zero-order chi connectivity index (χ0) is 13.7. The number of aromatic amines is 1. The molecule has 5 heteroatoms. The monoisotopic (exact) mass is 266 g/mol. The number of benzene rings is 1. The zero-order valence-electron chi connectivity index (χ0n) is 11.2. The highest BCUT2D eigenvalue weighted by molar-refractivity contribution is 5.99. The number of rotatable bonds is 1. The second-order valence-electron chi connectivity index (χ2n) is 5.17. The number of para-hydroxylation sites is 2. The van der Waals surface area contributed by atoms with Crippen molar-refractivity contribution >= 4 is 16.8 Å². The van der Waals surface area contributed by atoms with Gasteiger partial charge in [-0.1, -0.05) is 12.1 Å². The largest absolute Gasteiger partial charge is 0.322 e. The molecule has 0 atom stereocenters. The number of fused-ring (bicyclic) bond motifs is 2. The summed E-state index contributed by atoms with van der Waals surface area (Å²) >= 11 is 0. The molecule has 0 bridgehead atoms. The molecule has 2 aromatic heterocycles. The van der Waals surface area contributed by atoms with Gasteiger partial charge in [-0.15, -0.1) is 0 Å². The van der Waals surface area contributed by atoms with Crippen LogP contribution in [0.2, 0.25) is 0 Å². The first kappa shape index (κ1) is 11.4. The summed E-state index contributed by atoms with van der Waals surface area (Å²) in [5, 5.41) is 4.51. The minimum absolute atomic E-state index is 0.200. The smallest absolute Gasteiger partial charge is 0.229 e. The second kappa shape index (κ2) is 4.03. The molecule has 4 rings (SSSR count). The van der Waals surface area contributed by atoms with Crippen LogP contribution in [0.1, 0.15) is 34.6 Å². The van der Waals surface area contributed by atoms with Gasteiger partial charge >= 0.3 is 0 Å². The molecule has 3 aromatic rings. The number of nitrogens with zero attached hydrogens (tertiary/aromatic N) is 3. The average molecular weight is 266 g/mol. The summed E-state index contributed by atoms with van der Waals surface area (Å²) in [5.74, 6) is 0.886. The SMILES string of the molecule is Cc1nn(-c2nc3ccccc3[nH]2)c2c1C(=O)CCC2. The van der Waals surface area contributed by atoms with Gasteiger partial charge < -0.3 is 4.98 Å². The normalized spacial score (nSPS) is 14.8. The van der Waals surface area contributed by atoms with Crippen LogP contribution in [-0.4, -0.2) is 25.5 Å². The molecule has 0 spiro atoms. The summed E-state index contributed by atoms with van der Waals surface area (Å²) in [6, 6.07) is 7.88. The molecule has 20 heavy (non-hydrogen) atoms. The molecule has 0 amide bonds. The Bertz CT molecular complexity index is 795. The summed E-state index contributed by atoms with van der Waals surface area (Å²) in [6.45, 7) is 1.89. The summed E-state index contributed by atoms with van der Waals surface area (Å²) in [4.78, 5) is 19.9. The van der Waals surface area contributed by atoms with Crippen molar-refractivity contribution in [2.45, 2.75) is 26.2 Å². The lowest BCUT2D eigenvalue weighted by molar-refractivity contribution is 0.0971. The van der Waals surface area contributed by atoms with Crippen molar-refractivity contribution in [1.29, 1.82) is 0 Å². The van der Waals surface area contributed by atoms with E-state index in [9.17, 15) is 4.79 Å².